The molecule has 0 fully saturated rings. The average molecular weight is 422 g/mol. The smallest absolute Gasteiger partial charge is 0.338 e. The largest absolute Gasteiger partial charge is 0.452 e. The number of oxazole rings is 1. The SMILES string of the molecule is O=C(COC(=O)c1ccc2ocnc2c1)Nc1ccc(I)cc1. The molecule has 0 spiro atoms. The molecule has 1 aromatic heterocycles. The quantitative estimate of drug-likeness (QED) is 0.516. The Labute approximate surface area is 145 Å². The van der Waals surface area contributed by atoms with E-state index in [1.165, 1.54) is 6.39 Å². The average Bonchev–Trinajstić information content (AvgIpc) is 3.02. The molecule has 0 saturated carbocycles. The maximum atomic E-state index is 12.0. The number of rotatable bonds is 4. The lowest BCUT2D eigenvalue weighted by Crippen LogP contribution is -2.20. The minimum atomic E-state index is -0.590. The highest BCUT2D eigenvalue weighted by Crippen LogP contribution is 2.15. The van der Waals surface area contributed by atoms with Crippen molar-refractivity contribution in [3.8, 4) is 0 Å². The van der Waals surface area contributed by atoms with Gasteiger partial charge in [0.2, 0.25) is 0 Å². The van der Waals surface area contributed by atoms with Crippen molar-refractivity contribution in [3.05, 3.63) is 58.0 Å². The summed E-state index contributed by atoms with van der Waals surface area (Å²) in [4.78, 5) is 27.7. The van der Waals surface area contributed by atoms with Gasteiger partial charge in [0.15, 0.2) is 18.6 Å². The predicted octanol–water partition coefficient (Wildman–Crippen LogP) is 3.23. The number of hydrogen-bond donors (Lipinski definition) is 1. The third-order valence-electron chi connectivity index (χ3n) is 3.03. The number of halogens is 1. The number of fused-ring (bicyclic) bond motifs is 1. The van der Waals surface area contributed by atoms with Gasteiger partial charge in [0.1, 0.15) is 5.52 Å². The Balaban J connectivity index is 1.57. The van der Waals surface area contributed by atoms with Gasteiger partial charge in [-0.05, 0) is 65.1 Å². The lowest BCUT2D eigenvalue weighted by atomic mass is 10.2. The third-order valence-corrected chi connectivity index (χ3v) is 3.75. The number of carbonyl (C=O) groups excluding carboxylic acids is 2. The van der Waals surface area contributed by atoms with Gasteiger partial charge in [-0.15, -0.1) is 0 Å². The van der Waals surface area contributed by atoms with Gasteiger partial charge in [0.25, 0.3) is 5.91 Å². The van der Waals surface area contributed by atoms with Crippen molar-refractivity contribution in [2.45, 2.75) is 0 Å². The van der Waals surface area contributed by atoms with Crippen molar-refractivity contribution < 1.29 is 18.7 Å². The standard InChI is InChI=1S/C16H11IN2O4/c17-11-2-4-12(5-3-11)19-15(20)8-22-16(21)10-1-6-14-13(7-10)18-9-23-14/h1-7,9H,8H2,(H,19,20). The fourth-order valence-corrected chi connectivity index (χ4v) is 2.29. The van der Waals surface area contributed by atoms with Crippen LogP contribution in [0.5, 0.6) is 0 Å². The number of esters is 1. The molecule has 116 valence electrons. The van der Waals surface area contributed by atoms with Gasteiger partial charge in [0, 0.05) is 9.26 Å². The van der Waals surface area contributed by atoms with E-state index in [0.717, 1.165) is 3.57 Å². The summed E-state index contributed by atoms with van der Waals surface area (Å²) in [6.07, 6.45) is 1.30. The summed E-state index contributed by atoms with van der Waals surface area (Å²) in [5.74, 6) is -0.991. The molecule has 6 nitrogen and oxygen atoms in total. The van der Waals surface area contributed by atoms with Crippen molar-refractivity contribution in [2.75, 3.05) is 11.9 Å². The van der Waals surface area contributed by atoms with E-state index in [1.807, 2.05) is 12.1 Å². The highest BCUT2D eigenvalue weighted by molar-refractivity contribution is 14.1. The second-order valence-electron chi connectivity index (χ2n) is 4.67. The number of aromatic nitrogens is 1. The van der Waals surface area contributed by atoms with Gasteiger partial charge in [0.05, 0.1) is 5.56 Å². The number of benzene rings is 2. The van der Waals surface area contributed by atoms with E-state index >= 15 is 0 Å². The fourth-order valence-electron chi connectivity index (χ4n) is 1.93. The third kappa shape index (κ3) is 3.86. The van der Waals surface area contributed by atoms with Crippen LogP contribution < -0.4 is 5.32 Å². The molecule has 7 heteroatoms. The van der Waals surface area contributed by atoms with E-state index in [-0.39, 0.29) is 6.61 Å². The van der Waals surface area contributed by atoms with Crippen LogP contribution in [0.2, 0.25) is 0 Å². The van der Waals surface area contributed by atoms with E-state index in [9.17, 15) is 9.59 Å². The van der Waals surface area contributed by atoms with Crippen molar-refractivity contribution >= 4 is 51.3 Å². The lowest BCUT2D eigenvalue weighted by Gasteiger charge is -2.06. The summed E-state index contributed by atoms with van der Waals surface area (Å²) in [5, 5.41) is 2.65. The molecule has 1 heterocycles. The van der Waals surface area contributed by atoms with Crippen LogP contribution in [-0.4, -0.2) is 23.5 Å². The van der Waals surface area contributed by atoms with Gasteiger partial charge >= 0.3 is 5.97 Å². The number of amides is 1. The molecule has 1 amide bonds. The molecule has 0 aliphatic carbocycles. The minimum Gasteiger partial charge on any atom is -0.452 e. The Kier molecular flexibility index (Phi) is 4.56. The fraction of sp³-hybridized carbons (Fsp3) is 0.0625. The zero-order valence-electron chi connectivity index (χ0n) is 11.8. The monoisotopic (exact) mass is 422 g/mol. The van der Waals surface area contributed by atoms with Crippen molar-refractivity contribution in [2.24, 2.45) is 0 Å². The molecule has 0 radical (unpaired) electrons. The number of carbonyl (C=O) groups is 2. The van der Waals surface area contributed by atoms with Crippen LogP contribution in [0, 0.1) is 3.57 Å². The molecule has 3 aromatic rings. The first-order valence-corrected chi connectivity index (χ1v) is 7.75. The summed E-state index contributed by atoms with van der Waals surface area (Å²) < 4.78 is 11.2. The first-order valence-electron chi connectivity index (χ1n) is 6.67. The van der Waals surface area contributed by atoms with Crippen LogP contribution in [0.3, 0.4) is 0 Å². The van der Waals surface area contributed by atoms with Crippen LogP contribution >= 0.6 is 22.6 Å². The lowest BCUT2D eigenvalue weighted by molar-refractivity contribution is -0.119. The summed E-state index contributed by atoms with van der Waals surface area (Å²) in [6, 6.07) is 12.0. The highest BCUT2D eigenvalue weighted by Gasteiger charge is 2.12. The molecular formula is C16H11IN2O4. The molecule has 0 saturated heterocycles. The number of nitrogens with zero attached hydrogens (tertiary/aromatic N) is 1. The molecule has 2 aromatic carbocycles. The van der Waals surface area contributed by atoms with Crippen molar-refractivity contribution in [1.82, 2.24) is 4.98 Å². The molecule has 3 rings (SSSR count). The van der Waals surface area contributed by atoms with Crippen LogP contribution in [-0.2, 0) is 9.53 Å². The van der Waals surface area contributed by atoms with Crippen LogP contribution in [0.25, 0.3) is 11.1 Å². The molecule has 0 atom stereocenters. The van der Waals surface area contributed by atoms with E-state index in [2.05, 4.69) is 32.9 Å². The number of nitrogens with one attached hydrogen (secondary N) is 1. The second kappa shape index (κ2) is 6.78. The van der Waals surface area contributed by atoms with E-state index in [0.29, 0.717) is 22.4 Å². The topological polar surface area (TPSA) is 81.4 Å². The Morgan fingerprint density at radius 2 is 1.96 bits per heavy atom. The number of ether oxygens (including phenoxy) is 1. The zero-order chi connectivity index (χ0) is 16.2. The summed E-state index contributed by atoms with van der Waals surface area (Å²) in [5.41, 5.74) is 2.10. The molecule has 0 unspecified atom stereocenters. The van der Waals surface area contributed by atoms with E-state index in [1.54, 1.807) is 30.3 Å². The molecule has 1 N–H and O–H groups in total. The van der Waals surface area contributed by atoms with Crippen molar-refractivity contribution in [3.63, 3.8) is 0 Å². The highest BCUT2D eigenvalue weighted by atomic mass is 127. The zero-order valence-corrected chi connectivity index (χ0v) is 13.9. The van der Waals surface area contributed by atoms with Gasteiger partial charge in [-0.2, -0.15) is 0 Å². The van der Waals surface area contributed by atoms with Gasteiger partial charge in [-0.3, -0.25) is 4.79 Å². The maximum Gasteiger partial charge on any atom is 0.338 e. The maximum absolute atomic E-state index is 12.0. The van der Waals surface area contributed by atoms with Crippen LogP contribution in [0.4, 0.5) is 5.69 Å². The van der Waals surface area contributed by atoms with Gasteiger partial charge in [-0.1, -0.05) is 0 Å². The summed E-state index contributed by atoms with van der Waals surface area (Å²) in [7, 11) is 0. The number of anilines is 1. The van der Waals surface area contributed by atoms with Crippen LogP contribution in [0.1, 0.15) is 10.4 Å². The molecular weight excluding hydrogens is 411 g/mol. The molecule has 0 bridgehead atoms. The predicted molar refractivity (Wildman–Crippen MR) is 92.1 cm³/mol. The summed E-state index contributed by atoms with van der Waals surface area (Å²) >= 11 is 2.17. The van der Waals surface area contributed by atoms with E-state index < -0.39 is 11.9 Å². The van der Waals surface area contributed by atoms with Crippen LogP contribution in [0.15, 0.2) is 53.3 Å². The van der Waals surface area contributed by atoms with E-state index in [4.69, 9.17) is 9.15 Å². The number of hydrogen-bond acceptors (Lipinski definition) is 5. The second-order valence-corrected chi connectivity index (χ2v) is 5.91. The Bertz CT molecular complexity index is 858. The minimum absolute atomic E-state index is 0.313. The normalized spacial score (nSPS) is 10.5. The Morgan fingerprint density at radius 3 is 2.74 bits per heavy atom. The first kappa shape index (κ1) is 15.5. The Morgan fingerprint density at radius 1 is 1.17 bits per heavy atom. The molecule has 0 aliphatic heterocycles. The molecule has 0 aliphatic rings. The summed E-state index contributed by atoms with van der Waals surface area (Å²) in [6.45, 7) is -0.359. The Hall–Kier alpha value is -2.42. The first-order chi connectivity index (χ1) is 11.1. The van der Waals surface area contributed by atoms with Gasteiger partial charge < -0.3 is 14.5 Å². The van der Waals surface area contributed by atoms with Gasteiger partial charge in [-0.25, -0.2) is 9.78 Å². The van der Waals surface area contributed by atoms with Crippen molar-refractivity contribution in [1.29, 1.82) is 0 Å². The molecule has 23 heavy (non-hydrogen) atoms.